The van der Waals surface area contributed by atoms with Crippen LogP contribution in [0.25, 0.3) is 0 Å². The molecule has 4 heteroatoms. The van der Waals surface area contributed by atoms with E-state index in [4.69, 9.17) is 0 Å². The summed E-state index contributed by atoms with van der Waals surface area (Å²) >= 11 is 0. The molecular formula is C37H49ClN2O. The second kappa shape index (κ2) is 9.76. The van der Waals surface area contributed by atoms with E-state index in [0.29, 0.717) is 5.78 Å². The number of nitrogens with zero attached hydrogens (tertiary/aromatic N) is 2. The van der Waals surface area contributed by atoms with Crippen molar-refractivity contribution in [1.82, 2.24) is 0 Å². The molecule has 2 aromatic rings. The number of rotatable bonds is 6. The first-order valence-corrected chi connectivity index (χ1v) is 16.4. The molecular weight excluding hydrogens is 524 g/mol. The van der Waals surface area contributed by atoms with E-state index in [1.807, 2.05) is 0 Å². The van der Waals surface area contributed by atoms with Crippen LogP contribution in [-0.4, -0.2) is 34.0 Å². The lowest BCUT2D eigenvalue weighted by Crippen LogP contribution is -2.49. The zero-order valence-corrected chi connectivity index (χ0v) is 26.4. The maximum absolute atomic E-state index is 15.0. The first-order valence-electron chi connectivity index (χ1n) is 16.4. The van der Waals surface area contributed by atoms with Crippen molar-refractivity contribution in [3.05, 3.63) is 58.7 Å². The highest BCUT2D eigenvalue weighted by Crippen LogP contribution is 2.63. The van der Waals surface area contributed by atoms with Crippen LogP contribution in [0, 0.1) is 35.5 Å². The lowest BCUT2D eigenvalue weighted by atomic mass is 9.47. The molecule has 8 fully saturated rings. The Bertz CT molecular complexity index is 1190. The molecule has 0 heterocycles. The number of hydrogen-bond acceptors (Lipinski definition) is 3. The number of anilines is 2. The third-order valence-electron chi connectivity index (χ3n) is 12.7. The van der Waals surface area contributed by atoms with Crippen LogP contribution < -0.4 is 9.80 Å². The Hall–Kier alpha value is -2.00. The SMILES string of the molecule is CN(C)c1ccc(C(=O)c2ccc(N(C)C)cc2C23CC4CC(CC(C4)C2)C3)c(C23CC4CC(CC(C4)C2)C3)c1.Cl. The van der Waals surface area contributed by atoms with Crippen molar-refractivity contribution >= 4 is 29.6 Å². The molecule has 0 aliphatic heterocycles. The van der Waals surface area contributed by atoms with Gasteiger partial charge in [0.05, 0.1) is 0 Å². The molecule has 0 radical (unpaired) electrons. The summed E-state index contributed by atoms with van der Waals surface area (Å²) in [6, 6.07) is 13.7. The number of ketones is 1. The molecule has 220 valence electrons. The van der Waals surface area contributed by atoms with Gasteiger partial charge in [-0.3, -0.25) is 4.79 Å². The first kappa shape index (κ1) is 27.8. The van der Waals surface area contributed by atoms with Crippen LogP contribution in [0.15, 0.2) is 36.4 Å². The summed E-state index contributed by atoms with van der Waals surface area (Å²) in [4.78, 5) is 19.5. The van der Waals surface area contributed by atoms with Gasteiger partial charge in [0.25, 0.3) is 0 Å². The number of halogens is 1. The summed E-state index contributed by atoms with van der Waals surface area (Å²) in [5.74, 6) is 5.46. The zero-order chi connectivity index (χ0) is 27.4. The Kier molecular flexibility index (Phi) is 6.62. The van der Waals surface area contributed by atoms with Gasteiger partial charge in [-0.15, -0.1) is 12.4 Å². The van der Waals surface area contributed by atoms with Gasteiger partial charge < -0.3 is 9.80 Å². The summed E-state index contributed by atoms with van der Waals surface area (Å²) in [5.41, 5.74) is 7.66. The van der Waals surface area contributed by atoms with E-state index in [2.05, 4.69) is 74.4 Å². The van der Waals surface area contributed by atoms with Crippen molar-refractivity contribution in [3.63, 3.8) is 0 Å². The van der Waals surface area contributed by atoms with Crippen molar-refractivity contribution in [2.75, 3.05) is 38.0 Å². The van der Waals surface area contributed by atoms with Gasteiger partial charge in [0, 0.05) is 50.7 Å². The maximum atomic E-state index is 15.0. The van der Waals surface area contributed by atoms with Crippen molar-refractivity contribution < 1.29 is 4.79 Å². The van der Waals surface area contributed by atoms with Crippen LogP contribution in [-0.2, 0) is 10.8 Å². The predicted molar refractivity (Wildman–Crippen MR) is 172 cm³/mol. The standard InChI is InChI=1S/C37H48N2O.ClH/c1-38(2)29-5-7-31(33(15-29)36-17-23-9-24(18-36)11-25(10-23)19-36)35(40)32-8-6-30(39(3)4)16-34(32)37-20-26-12-27(21-37)14-28(13-26)22-37;/h5-8,15-16,23-28H,9-14,17-22H2,1-4H3;1H. The van der Waals surface area contributed by atoms with Crippen LogP contribution in [0.1, 0.15) is 104 Å². The van der Waals surface area contributed by atoms with Gasteiger partial charge in [-0.2, -0.15) is 0 Å². The summed E-state index contributed by atoms with van der Waals surface area (Å²) in [6.45, 7) is 0. The summed E-state index contributed by atoms with van der Waals surface area (Å²) in [5, 5.41) is 0. The number of benzene rings is 2. The third-order valence-corrected chi connectivity index (χ3v) is 12.7. The van der Waals surface area contributed by atoms with Crippen molar-refractivity contribution in [1.29, 1.82) is 0 Å². The molecule has 0 spiro atoms. The number of carbonyl (C=O) groups excluding carboxylic acids is 1. The van der Waals surface area contributed by atoms with Crippen LogP contribution in [0.5, 0.6) is 0 Å². The molecule has 0 unspecified atom stereocenters. The monoisotopic (exact) mass is 572 g/mol. The fourth-order valence-corrected chi connectivity index (χ4v) is 11.9. The van der Waals surface area contributed by atoms with E-state index in [-0.39, 0.29) is 23.2 Å². The predicted octanol–water partition coefficient (Wildman–Crippen LogP) is 8.41. The topological polar surface area (TPSA) is 23.6 Å². The maximum Gasteiger partial charge on any atom is 0.193 e. The molecule has 8 aliphatic carbocycles. The molecule has 0 aromatic heterocycles. The van der Waals surface area contributed by atoms with Crippen molar-refractivity contribution in [3.8, 4) is 0 Å². The zero-order valence-electron chi connectivity index (χ0n) is 25.6. The van der Waals surface area contributed by atoms with Crippen LogP contribution in [0.2, 0.25) is 0 Å². The minimum Gasteiger partial charge on any atom is -0.378 e. The van der Waals surface area contributed by atoms with Gasteiger partial charge in [0.2, 0.25) is 0 Å². The van der Waals surface area contributed by atoms with Crippen LogP contribution >= 0.6 is 12.4 Å². The van der Waals surface area contributed by atoms with Gasteiger partial charge in [-0.25, -0.2) is 0 Å². The highest BCUT2D eigenvalue weighted by molar-refractivity contribution is 6.11. The van der Waals surface area contributed by atoms with E-state index in [1.54, 1.807) is 0 Å². The van der Waals surface area contributed by atoms with Crippen LogP contribution in [0.4, 0.5) is 11.4 Å². The van der Waals surface area contributed by atoms with Gasteiger partial charge in [-0.1, -0.05) is 0 Å². The highest BCUT2D eigenvalue weighted by Gasteiger charge is 2.54. The lowest BCUT2D eigenvalue weighted by molar-refractivity contribution is -0.00581. The van der Waals surface area contributed by atoms with Gasteiger partial charge in [0.1, 0.15) is 0 Å². The summed E-state index contributed by atoms with van der Waals surface area (Å²) in [7, 11) is 8.58. The lowest BCUT2D eigenvalue weighted by Gasteiger charge is -2.58. The summed E-state index contributed by atoms with van der Waals surface area (Å²) < 4.78 is 0. The Morgan fingerprint density at radius 3 is 1.12 bits per heavy atom. The third kappa shape index (κ3) is 4.38. The molecule has 8 saturated carbocycles. The molecule has 41 heavy (non-hydrogen) atoms. The quantitative estimate of drug-likeness (QED) is 0.325. The number of hydrogen-bond donors (Lipinski definition) is 0. The molecule has 3 nitrogen and oxygen atoms in total. The molecule has 8 aliphatic rings. The summed E-state index contributed by atoms with van der Waals surface area (Å²) in [6.07, 6.45) is 16.3. The Morgan fingerprint density at radius 1 is 0.561 bits per heavy atom. The minimum absolute atomic E-state index is 0. The largest absolute Gasteiger partial charge is 0.378 e. The highest BCUT2D eigenvalue weighted by atomic mass is 35.5. The van der Waals surface area contributed by atoms with E-state index in [9.17, 15) is 0 Å². The van der Waals surface area contributed by atoms with Gasteiger partial charge in [-0.05, 0) is 171 Å². The minimum atomic E-state index is 0. The second-order valence-corrected chi connectivity index (χ2v) is 16.0. The molecule has 0 amide bonds. The van der Waals surface area contributed by atoms with Crippen LogP contribution in [0.3, 0.4) is 0 Å². The fraction of sp³-hybridized carbons (Fsp3) is 0.649. The average Bonchev–Trinajstić information content (AvgIpc) is 2.90. The molecule has 0 saturated heterocycles. The smallest absolute Gasteiger partial charge is 0.193 e. The molecule has 0 N–H and O–H groups in total. The van der Waals surface area contributed by atoms with Gasteiger partial charge in [0.15, 0.2) is 5.78 Å². The molecule has 2 aromatic carbocycles. The van der Waals surface area contributed by atoms with E-state index >= 15 is 4.79 Å². The van der Waals surface area contributed by atoms with Crippen molar-refractivity contribution in [2.24, 2.45) is 35.5 Å². The molecule has 10 rings (SSSR count). The first-order chi connectivity index (χ1) is 19.2. The van der Waals surface area contributed by atoms with E-state index in [0.717, 1.165) is 46.6 Å². The Labute approximate surface area is 253 Å². The Morgan fingerprint density at radius 2 is 0.854 bits per heavy atom. The van der Waals surface area contributed by atoms with Gasteiger partial charge >= 0.3 is 0 Å². The van der Waals surface area contributed by atoms with Crippen molar-refractivity contribution in [2.45, 2.75) is 87.9 Å². The second-order valence-electron chi connectivity index (χ2n) is 16.0. The normalized spacial score (nSPS) is 37.7. The Balaban J connectivity index is 0.00000276. The number of carbonyl (C=O) groups is 1. The average molecular weight is 573 g/mol. The van der Waals surface area contributed by atoms with E-state index < -0.39 is 0 Å². The fourth-order valence-electron chi connectivity index (χ4n) is 11.9. The molecule has 0 atom stereocenters. The van der Waals surface area contributed by atoms with E-state index in [1.165, 1.54) is 99.6 Å². The molecule has 8 bridgehead atoms.